The minimum atomic E-state index is -0.588. The lowest BCUT2D eigenvalue weighted by atomic mass is 9.88. The first-order valence-corrected chi connectivity index (χ1v) is 15.9. The number of piperidine rings is 1. The van der Waals surface area contributed by atoms with Crippen LogP contribution in [0.4, 0.5) is 0 Å². The molecule has 1 aliphatic heterocycles. The van der Waals surface area contributed by atoms with Crippen molar-refractivity contribution in [1.82, 2.24) is 35.1 Å². The molecule has 0 spiro atoms. The van der Waals surface area contributed by atoms with Crippen LogP contribution < -0.4 is 10.6 Å². The number of fused-ring (bicyclic) bond motifs is 2. The number of hydrogen-bond acceptors (Lipinski definition) is 8. The number of ether oxygens (including phenoxy) is 1. The van der Waals surface area contributed by atoms with E-state index in [9.17, 15) is 24.0 Å². The quantitative estimate of drug-likeness (QED) is 0.223. The fourth-order valence-electron chi connectivity index (χ4n) is 5.97. The lowest BCUT2D eigenvalue weighted by molar-refractivity contribution is -0.141. The summed E-state index contributed by atoms with van der Waals surface area (Å²) in [6.07, 6.45) is 3.68. The maximum atomic E-state index is 13.0. The van der Waals surface area contributed by atoms with Gasteiger partial charge >= 0.3 is 5.97 Å². The van der Waals surface area contributed by atoms with Gasteiger partial charge in [0.25, 0.3) is 0 Å². The van der Waals surface area contributed by atoms with Crippen LogP contribution >= 0.6 is 0 Å². The molecule has 0 bridgehead atoms. The fourth-order valence-corrected chi connectivity index (χ4v) is 5.97. The Morgan fingerprint density at radius 2 is 1.70 bits per heavy atom. The normalized spacial score (nSPS) is 13.7. The summed E-state index contributed by atoms with van der Waals surface area (Å²) in [5.41, 5.74) is 4.58. The van der Waals surface area contributed by atoms with Crippen LogP contribution in [0, 0.1) is 5.92 Å². The molecule has 248 valence electrons. The molecule has 0 unspecified atom stereocenters. The minimum absolute atomic E-state index is 0.00898. The number of methoxy groups -OCH3 is 1. The molecule has 3 heterocycles. The van der Waals surface area contributed by atoms with Crippen LogP contribution in [-0.4, -0.2) is 87.2 Å². The molecule has 5 rings (SSSR count). The SMILES string of the molecule is COC(=O)CNC(=O)CNC(=O)Cn1nc(C2CCN(C(=O)CCC(=O)C(C)C)CC2)c2c(-c3ccc4cnn(C)c4c3)cccc21. The number of aromatic nitrogens is 4. The summed E-state index contributed by atoms with van der Waals surface area (Å²) in [4.78, 5) is 63.2. The zero-order valence-corrected chi connectivity index (χ0v) is 27.2. The number of likely N-dealkylation sites (tertiary alicyclic amines) is 1. The van der Waals surface area contributed by atoms with E-state index in [-0.39, 0.29) is 56.0 Å². The Balaban J connectivity index is 1.40. The molecule has 2 aromatic carbocycles. The van der Waals surface area contributed by atoms with E-state index in [1.165, 1.54) is 7.11 Å². The number of nitrogens with one attached hydrogen (secondary N) is 2. The first-order chi connectivity index (χ1) is 22.5. The van der Waals surface area contributed by atoms with Gasteiger partial charge in [-0.05, 0) is 36.1 Å². The largest absolute Gasteiger partial charge is 0.468 e. The fraction of sp³-hybridized carbons (Fsp3) is 0.441. The summed E-state index contributed by atoms with van der Waals surface area (Å²) in [6, 6.07) is 12.1. The Bertz CT molecular complexity index is 1820. The molecule has 1 aliphatic rings. The van der Waals surface area contributed by atoms with E-state index in [0.29, 0.717) is 25.9 Å². The van der Waals surface area contributed by atoms with Crippen molar-refractivity contribution in [3.63, 3.8) is 0 Å². The lowest BCUT2D eigenvalue weighted by Gasteiger charge is -2.31. The highest BCUT2D eigenvalue weighted by atomic mass is 16.5. The number of hydrogen-bond donors (Lipinski definition) is 2. The van der Waals surface area contributed by atoms with Gasteiger partial charge in [-0.2, -0.15) is 10.2 Å². The number of nitrogens with zero attached hydrogens (tertiary/aromatic N) is 5. The molecular formula is C34H41N7O6. The van der Waals surface area contributed by atoms with Crippen molar-refractivity contribution in [2.24, 2.45) is 13.0 Å². The number of Topliss-reactive ketones (excluding diaryl/α,β-unsaturated/α-hetero) is 1. The van der Waals surface area contributed by atoms with E-state index in [4.69, 9.17) is 5.10 Å². The summed E-state index contributed by atoms with van der Waals surface area (Å²) in [7, 11) is 3.13. The Morgan fingerprint density at radius 3 is 2.43 bits per heavy atom. The summed E-state index contributed by atoms with van der Waals surface area (Å²) in [5.74, 6) is -1.48. The number of ketones is 1. The second-order valence-corrected chi connectivity index (χ2v) is 12.2. The number of carbonyl (C=O) groups is 5. The zero-order valence-electron chi connectivity index (χ0n) is 27.2. The van der Waals surface area contributed by atoms with E-state index in [1.54, 1.807) is 4.68 Å². The minimum Gasteiger partial charge on any atom is -0.468 e. The summed E-state index contributed by atoms with van der Waals surface area (Å²) >= 11 is 0. The smallest absolute Gasteiger partial charge is 0.325 e. The molecular weight excluding hydrogens is 602 g/mol. The molecule has 13 heteroatoms. The van der Waals surface area contributed by atoms with Gasteiger partial charge in [-0.25, -0.2) is 0 Å². The second-order valence-electron chi connectivity index (χ2n) is 12.2. The van der Waals surface area contributed by atoms with Gasteiger partial charge in [0.05, 0.1) is 36.6 Å². The van der Waals surface area contributed by atoms with Crippen LogP contribution in [0.2, 0.25) is 0 Å². The highest BCUT2D eigenvalue weighted by molar-refractivity contribution is 6.00. The predicted molar refractivity (Wildman–Crippen MR) is 175 cm³/mol. The number of aryl methyl sites for hydroxylation is 1. The molecule has 2 aromatic heterocycles. The first-order valence-electron chi connectivity index (χ1n) is 15.9. The summed E-state index contributed by atoms with van der Waals surface area (Å²) < 4.78 is 8.01. The Kier molecular flexibility index (Phi) is 10.3. The van der Waals surface area contributed by atoms with E-state index >= 15 is 0 Å². The molecule has 3 amide bonds. The Morgan fingerprint density at radius 1 is 0.957 bits per heavy atom. The van der Waals surface area contributed by atoms with Gasteiger partial charge < -0.3 is 20.3 Å². The van der Waals surface area contributed by atoms with Crippen molar-refractivity contribution in [3.8, 4) is 11.1 Å². The van der Waals surface area contributed by atoms with Crippen molar-refractivity contribution in [2.45, 2.75) is 52.0 Å². The van der Waals surface area contributed by atoms with Crippen LogP contribution in [0.15, 0.2) is 42.6 Å². The maximum absolute atomic E-state index is 13.0. The molecule has 0 atom stereocenters. The van der Waals surface area contributed by atoms with Crippen LogP contribution in [0.1, 0.15) is 51.1 Å². The molecule has 2 N–H and O–H groups in total. The number of carbonyl (C=O) groups excluding carboxylic acids is 5. The number of esters is 1. The van der Waals surface area contributed by atoms with E-state index < -0.39 is 17.8 Å². The average Bonchev–Trinajstić information content (AvgIpc) is 3.64. The third kappa shape index (κ3) is 7.67. The topological polar surface area (TPSA) is 158 Å². The Hall–Kier alpha value is -5.07. The molecule has 1 saturated heterocycles. The lowest BCUT2D eigenvalue weighted by Crippen LogP contribution is -2.40. The van der Waals surface area contributed by atoms with Gasteiger partial charge in [0.2, 0.25) is 17.7 Å². The number of rotatable bonds is 12. The van der Waals surface area contributed by atoms with Gasteiger partial charge in [-0.3, -0.25) is 33.3 Å². The van der Waals surface area contributed by atoms with Gasteiger partial charge in [-0.1, -0.05) is 38.1 Å². The standard InChI is InChI=1S/C34H41N7O6/c1-21(2)28(42)10-11-31(45)40-14-12-22(13-15-40)34-33-25(23-8-9-24-17-37-39(3)27(24)16-23)6-5-7-26(33)41(38-34)20-30(44)35-18-29(43)36-19-32(46)47-4/h5-9,16-17,21-22H,10-15,18-20H2,1-4H3,(H,35,44)(H,36,43). The van der Waals surface area contributed by atoms with E-state index in [0.717, 1.165) is 38.6 Å². The van der Waals surface area contributed by atoms with Gasteiger partial charge in [0.15, 0.2) is 0 Å². The Labute approximate surface area is 272 Å². The van der Waals surface area contributed by atoms with Crippen LogP contribution in [0.3, 0.4) is 0 Å². The molecule has 0 radical (unpaired) electrons. The van der Waals surface area contributed by atoms with Crippen molar-refractivity contribution < 1.29 is 28.7 Å². The maximum Gasteiger partial charge on any atom is 0.325 e. The van der Waals surface area contributed by atoms with Gasteiger partial charge in [0.1, 0.15) is 18.9 Å². The van der Waals surface area contributed by atoms with Crippen molar-refractivity contribution in [2.75, 3.05) is 33.3 Å². The molecule has 0 saturated carbocycles. The van der Waals surface area contributed by atoms with Crippen LogP contribution in [-0.2, 0) is 42.3 Å². The summed E-state index contributed by atoms with van der Waals surface area (Å²) in [5, 5.41) is 16.3. The van der Waals surface area contributed by atoms with E-state index in [2.05, 4.69) is 32.6 Å². The second kappa shape index (κ2) is 14.6. The summed E-state index contributed by atoms with van der Waals surface area (Å²) in [6.45, 7) is 4.10. The third-order valence-electron chi connectivity index (χ3n) is 8.73. The molecule has 13 nitrogen and oxygen atoms in total. The molecule has 4 aromatic rings. The van der Waals surface area contributed by atoms with Gasteiger partial charge in [0, 0.05) is 55.6 Å². The zero-order chi connectivity index (χ0) is 33.7. The molecule has 47 heavy (non-hydrogen) atoms. The predicted octanol–water partition coefficient (Wildman–Crippen LogP) is 2.71. The third-order valence-corrected chi connectivity index (χ3v) is 8.73. The average molecular weight is 644 g/mol. The van der Waals surface area contributed by atoms with Crippen LogP contribution in [0.25, 0.3) is 32.9 Å². The van der Waals surface area contributed by atoms with E-state index in [1.807, 2.05) is 60.9 Å². The number of amides is 3. The first kappa shape index (κ1) is 33.3. The van der Waals surface area contributed by atoms with Crippen molar-refractivity contribution in [1.29, 1.82) is 0 Å². The van der Waals surface area contributed by atoms with Gasteiger partial charge in [-0.15, -0.1) is 0 Å². The van der Waals surface area contributed by atoms with Crippen molar-refractivity contribution >= 4 is 51.3 Å². The van der Waals surface area contributed by atoms with Crippen molar-refractivity contribution in [3.05, 3.63) is 48.3 Å². The highest BCUT2D eigenvalue weighted by Crippen LogP contribution is 2.39. The monoisotopic (exact) mass is 643 g/mol. The van der Waals surface area contributed by atoms with Crippen LogP contribution in [0.5, 0.6) is 0 Å². The molecule has 1 fully saturated rings. The highest BCUT2D eigenvalue weighted by Gasteiger charge is 2.29. The molecule has 0 aliphatic carbocycles. The number of benzene rings is 2.